The first kappa shape index (κ1) is 14.2. The third-order valence-electron chi connectivity index (χ3n) is 1.89. The second-order valence-electron chi connectivity index (χ2n) is 3.38. The fourth-order valence-corrected chi connectivity index (χ4v) is 1.40. The van der Waals surface area contributed by atoms with Gasteiger partial charge in [0.15, 0.2) is 6.61 Å². The summed E-state index contributed by atoms with van der Waals surface area (Å²) >= 11 is 3.27. The Morgan fingerprint density at radius 1 is 1.22 bits per heavy atom. The lowest BCUT2D eigenvalue weighted by molar-refractivity contribution is -0.147. The zero-order chi connectivity index (χ0) is 13.5. The predicted octanol–water partition coefficient (Wildman–Crippen LogP) is 0.730. The number of esters is 1. The van der Waals surface area contributed by atoms with E-state index in [1.807, 2.05) is 0 Å². The summed E-state index contributed by atoms with van der Waals surface area (Å²) in [6.45, 7) is -0.529. The Balaban J connectivity index is 2.36. The molecule has 96 valence electrons. The average molecular weight is 315 g/mol. The maximum atomic E-state index is 11.4. The number of hydrogen-bond donors (Lipinski definition) is 2. The van der Waals surface area contributed by atoms with Gasteiger partial charge in [0.1, 0.15) is 0 Å². The molecule has 7 heteroatoms. The highest BCUT2D eigenvalue weighted by Gasteiger charge is 2.09. The number of imide groups is 1. The van der Waals surface area contributed by atoms with Crippen LogP contribution in [0.3, 0.4) is 0 Å². The molecule has 0 saturated heterocycles. The van der Waals surface area contributed by atoms with E-state index >= 15 is 0 Å². The average Bonchev–Trinajstić information content (AvgIpc) is 2.29. The molecule has 1 rings (SSSR count). The smallest absolute Gasteiger partial charge is 0.318 e. The lowest BCUT2D eigenvalue weighted by Gasteiger charge is -2.04. The van der Waals surface area contributed by atoms with Crippen molar-refractivity contribution in [3.63, 3.8) is 0 Å². The van der Waals surface area contributed by atoms with E-state index in [4.69, 9.17) is 5.73 Å². The summed E-state index contributed by atoms with van der Waals surface area (Å²) in [4.78, 5) is 32.6. The van der Waals surface area contributed by atoms with Crippen molar-refractivity contribution in [2.24, 2.45) is 5.73 Å². The molecule has 1 aromatic rings. The SMILES string of the molecule is NC(=O)NC(=O)COC(=O)Cc1ccc(Br)cc1. The molecular formula is C11H11BrN2O4. The zero-order valence-corrected chi connectivity index (χ0v) is 10.9. The van der Waals surface area contributed by atoms with Crippen molar-refractivity contribution in [1.29, 1.82) is 0 Å². The maximum Gasteiger partial charge on any atom is 0.318 e. The Labute approximate surface area is 112 Å². The van der Waals surface area contributed by atoms with Crippen LogP contribution in [-0.2, 0) is 20.7 Å². The van der Waals surface area contributed by atoms with Crippen LogP contribution >= 0.6 is 15.9 Å². The second kappa shape index (κ2) is 6.75. The van der Waals surface area contributed by atoms with Gasteiger partial charge in [-0.05, 0) is 17.7 Å². The van der Waals surface area contributed by atoms with Crippen molar-refractivity contribution in [2.75, 3.05) is 6.61 Å². The lowest BCUT2D eigenvalue weighted by Crippen LogP contribution is -2.37. The standard InChI is InChI=1S/C11H11BrN2O4/c12-8-3-1-7(2-4-8)5-10(16)18-6-9(15)14-11(13)17/h1-4H,5-6H2,(H3,13,14,15,17). The fraction of sp³-hybridized carbons (Fsp3) is 0.182. The van der Waals surface area contributed by atoms with Crippen LogP contribution in [0, 0.1) is 0 Å². The molecule has 6 nitrogen and oxygen atoms in total. The second-order valence-corrected chi connectivity index (χ2v) is 4.29. The normalized spacial score (nSPS) is 9.61. The summed E-state index contributed by atoms with van der Waals surface area (Å²) in [5, 5.41) is 1.79. The first-order chi connectivity index (χ1) is 8.47. The Morgan fingerprint density at radius 3 is 2.39 bits per heavy atom. The van der Waals surface area contributed by atoms with Gasteiger partial charge in [-0.25, -0.2) is 4.79 Å². The Kier molecular flexibility index (Phi) is 5.31. The van der Waals surface area contributed by atoms with E-state index < -0.39 is 24.5 Å². The summed E-state index contributed by atoms with van der Waals surface area (Å²) < 4.78 is 5.57. The number of amides is 3. The van der Waals surface area contributed by atoms with E-state index in [-0.39, 0.29) is 6.42 Å². The van der Waals surface area contributed by atoms with Gasteiger partial charge in [-0.3, -0.25) is 14.9 Å². The number of hydrogen-bond acceptors (Lipinski definition) is 4. The number of primary amides is 1. The van der Waals surface area contributed by atoms with Gasteiger partial charge < -0.3 is 10.5 Å². The number of ether oxygens (including phenoxy) is 1. The van der Waals surface area contributed by atoms with Gasteiger partial charge in [0.05, 0.1) is 6.42 Å². The molecule has 0 atom stereocenters. The highest BCUT2D eigenvalue weighted by atomic mass is 79.9. The summed E-state index contributed by atoms with van der Waals surface area (Å²) in [7, 11) is 0. The van der Waals surface area contributed by atoms with Gasteiger partial charge in [-0.2, -0.15) is 0 Å². The molecule has 0 heterocycles. The van der Waals surface area contributed by atoms with Gasteiger partial charge in [-0.1, -0.05) is 28.1 Å². The molecule has 0 aliphatic heterocycles. The number of urea groups is 1. The number of carbonyl (C=O) groups is 3. The molecule has 18 heavy (non-hydrogen) atoms. The van der Waals surface area contributed by atoms with Gasteiger partial charge >= 0.3 is 12.0 Å². The molecule has 1 aromatic carbocycles. The minimum absolute atomic E-state index is 0.0527. The van der Waals surface area contributed by atoms with Crippen molar-refractivity contribution in [3.8, 4) is 0 Å². The molecule has 3 amide bonds. The van der Waals surface area contributed by atoms with Crippen molar-refractivity contribution >= 4 is 33.8 Å². The number of rotatable bonds is 4. The van der Waals surface area contributed by atoms with Crippen LogP contribution in [0.15, 0.2) is 28.7 Å². The van der Waals surface area contributed by atoms with Crippen molar-refractivity contribution in [3.05, 3.63) is 34.3 Å². The van der Waals surface area contributed by atoms with Crippen molar-refractivity contribution < 1.29 is 19.1 Å². The Morgan fingerprint density at radius 2 is 1.83 bits per heavy atom. The van der Waals surface area contributed by atoms with Gasteiger partial charge in [-0.15, -0.1) is 0 Å². The Bertz CT molecular complexity index is 459. The number of benzene rings is 1. The summed E-state index contributed by atoms with van der Waals surface area (Å²) in [6, 6.07) is 6.12. The lowest BCUT2D eigenvalue weighted by atomic mass is 10.2. The fourth-order valence-electron chi connectivity index (χ4n) is 1.14. The summed E-state index contributed by atoms with van der Waals surface area (Å²) in [5.74, 6) is -1.32. The van der Waals surface area contributed by atoms with Crippen LogP contribution in [-0.4, -0.2) is 24.5 Å². The van der Waals surface area contributed by atoms with Crippen molar-refractivity contribution in [2.45, 2.75) is 6.42 Å². The predicted molar refractivity (Wildman–Crippen MR) is 66.5 cm³/mol. The summed E-state index contributed by atoms with van der Waals surface area (Å²) in [5.41, 5.74) is 5.48. The maximum absolute atomic E-state index is 11.4. The minimum atomic E-state index is -0.982. The molecule has 0 bridgehead atoms. The molecule has 0 saturated carbocycles. The molecule has 0 aliphatic rings. The van der Waals surface area contributed by atoms with E-state index in [1.165, 1.54) is 0 Å². The monoisotopic (exact) mass is 314 g/mol. The Hall–Kier alpha value is -1.89. The van der Waals surface area contributed by atoms with E-state index in [1.54, 1.807) is 29.6 Å². The third kappa shape index (κ3) is 5.44. The first-order valence-electron chi connectivity index (χ1n) is 4.96. The topological polar surface area (TPSA) is 98.5 Å². The van der Waals surface area contributed by atoms with Crippen LogP contribution in [0.4, 0.5) is 4.79 Å². The molecule has 0 aromatic heterocycles. The number of nitrogens with two attached hydrogens (primary N) is 1. The van der Waals surface area contributed by atoms with Gasteiger partial charge in [0.25, 0.3) is 5.91 Å². The molecule has 0 aliphatic carbocycles. The minimum Gasteiger partial charge on any atom is -0.455 e. The quantitative estimate of drug-likeness (QED) is 0.800. The zero-order valence-electron chi connectivity index (χ0n) is 9.31. The van der Waals surface area contributed by atoms with E-state index in [9.17, 15) is 14.4 Å². The highest BCUT2D eigenvalue weighted by Crippen LogP contribution is 2.11. The van der Waals surface area contributed by atoms with Gasteiger partial charge in [0, 0.05) is 4.47 Å². The number of halogens is 1. The molecule has 0 spiro atoms. The van der Waals surface area contributed by atoms with Crippen LogP contribution in [0.1, 0.15) is 5.56 Å². The molecular weight excluding hydrogens is 304 g/mol. The summed E-state index contributed by atoms with van der Waals surface area (Å²) in [6.07, 6.45) is 0.0527. The van der Waals surface area contributed by atoms with E-state index in [2.05, 4.69) is 20.7 Å². The molecule has 0 radical (unpaired) electrons. The first-order valence-corrected chi connectivity index (χ1v) is 5.76. The van der Waals surface area contributed by atoms with Crippen LogP contribution < -0.4 is 11.1 Å². The number of nitrogens with one attached hydrogen (secondary N) is 1. The molecule has 0 fully saturated rings. The largest absolute Gasteiger partial charge is 0.455 e. The third-order valence-corrected chi connectivity index (χ3v) is 2.42. The molecule has 3 N–H and O–H groups in total. The van der Waals surface area contributed by atoms with Crippen molar-refractivity contribution in [1.82, 2.24) is 5.32 Å². The highest BCUT2D eigenvalue weighted by molar-refractivity contribution is 9.10. The van der Waals surface area contributed by atoms with Gasteiger partial charge in [0.2, 0.25) is 0 Å². The number of carbonyl (C=O) groups excluding carboxylic acids is 3. The molecule has 0 unspecified atom stereocenters. The van der Waals surface area contributed by atoms with Crippen LogP contribution in [0.2, 0.25) is 0 Å². The van der Waals surface area contributed by atoms with E-state index in [0.717, 1.165) is 10.0 Å². The van der Waals surface area contributed by atoms with Crippen LogP contribution in [0.25, 0.3) is 0 Å². The van der Waals surface area contributed by atoms with Crippen LogP contribution in [0.5, 0.6) is 0 Å². The van der Waals surface area contributed by atoms with E-state index in [0.29, 0.717) is 0 Å².